The van der Waals surface area contributed by atoms with Gasteiger partial charge in [0.25, 0.3) is 5.91 Å². The van der Waals surface area contributed by atoms with E-state index in [1.165, 1.54) is 6.20 Å². The van der Waals surface area contributed by atoms with Gasteiger partial charge in [0.2, 0.25) is 0 Å². The van der Waals surface area contributed by atoms with Crippen molar-refractivity contribution in [3.05, 3.63) is 30.0 Å². The molecule has 21 heavy (non-hydrogen) atoms. The zero-order valence-electron chi connectivity index (χ0n) is 11.2. The Morgan fingerprint density at radius 1 is 1.38 bits per heavy atom. The maximum atomic E-state index is 12.0. The summed E-state index contributed by atoms with van der Waals surface area (Å²) < 4.78 is 11.0. The third-order valence-electron chi connectivity index (χ3n) is 3.07. The molecule has 1 aromatic heterocycles. The molecule has 0 bridgehead atoms. The van der Waals surface area contributed by atoms with Gasteiger partial charge in [-0.3, -0.25) is 9.89 Å². The molecule has 1 aliphatic heterocycles. The van der Waals surface area contributed by atoms with E-state index in [-0.39, 0.29) is 12.5 Å². The fourth-order valence-electron chi connectivity index (χ4n) is 2.10. The minimum atomic E-state index is -0.272. The van der Waals surface area contributed by atoms with Crippen molar-refractivity contribution in [3.63, 3.8) is 0 Å². The summed E-state index contributed by atoms with van der Waals surface area (Å²) in [6.45, 7) is 1.22. The number of hydrogen-bond donors (Lipinski definition) is 2. The summed E-state index contributed by atoms with van der Waals surface area (Å²) in [4.78, 5) is 12.0. The van der Waals surface area contributed by atoms with E-state index in [0.29, 0.717) is 36.0 Å². The van der Waals surface area contributed by atoms with Crippen molar-refractivity contribution in [1.29, 1.82) is 0 Å². The SMILES string of the molecule is C#CCNC(=O)c1cn[nH]c1-c1ccc2c(c1)OCCO2. The van der Waals surface area contributed by atoms with Crippen LogP contribution in [0.2, 0.25) is 0 Å². The Bertz CT molecular complexity index is 715. The first-order chi connectivity index (χ1) is 10.3. The predicted octanol–water partition coefficient (Wildman–Crippen LogP) is 1.21. The van der Waals surface area contributed by atoms with Crippen molar-refractivity contribution >= 4 is 5.91 Å². The van der Waals surface area contributed by atoms with Crippen LogP contribution < -0.4 is 14.8 Å². The first-order valence-electron chi connectivity index (χ1n) is 6.44. The molecule has 0 aliphatic carbocycles. The van der Waals surface area contributed by atoms with Gasteiger partial charge in [-0.2, -0.15) is 5.10 Å². The Labute approximate surface area is 121 Å². The van der Waals surface area contributed by atoms with Gasteiger partial charge in [-0.15, -0.1) is 6.42 Å². The van der Waals surface area contributed by atoms with Crippen molar-refractivity contribution in [1.82, 2.24) is 15.5 Å². The summed E-state index contributed by atoms with van der Waals surface area (Å²) in [7, 11) is 0. The Kier molecular flexibility index (Phi) is 3.48. The normalized spacial score (nSPS) is 12.5. The second kappa shape index (κ2) is 5.59. The van der Waals surface area contributed by atoms with E-state index in [2.05, 4.69) is 21.4 Å². The first kappa shape index (κ1) is 13.1. The standard InChI is InChI=1S/C15H13N3O3/c1-2-5-16-15(19)11-9-17-18-14(11)10-3-4-12-13(8-10)21-7-6-20-12/h1,3-4,8-9H,5-7H2,(H,16,19)(H,17,18). The van der Waals surface area contributed by atoms with Crippen LogP contribution >= 0.6 is 0 Å². The Balaban J connectivity index is 1.93. The molecule has 2 N–H and O–H groups in total. The van der Waals surface area contributed by atoms with E-state index in [0.717, 1.165) is 5.56 Å². The lowest BCUT2D eigenvalue weighted by molar-refractivity contribution is 0.0959. The lowest BCUT2D eigenvalue weighted by Gasteiger charge is -2.18. The van der Waals surface area contributed by atoms with Crippen LogP contribution in [0.5, 0.6) is 11.5 Å². The average molecular weight is 283 g/mol. The minimum Gasteiger partial charge on any atom is -0.486 e. The van der Waals surface area contributed by atoms with Crippen molar-refractivity contribution in [2.45, 2.75) is 0 Å². The number of nitrogens with zero attached hydrogens (tertiary/aromatic N) is 1. The van der Waals surface area contributed by atoms with E-state index in [9.17, 15) is 4.79 Å². The number of carbonyl (C=O) groups is 1. The molecule has 2 heterocycles. The van der Waals surface area contributed by atoms with Crippen molar-refractivity contribution in [2.75, 3.05) is 19.8 Å². The van der Waals surface area contributed by atoms with Crippen LogP contribution in [0.1, 0.15) is 10.4 Å². The number of aromatic amines is 1. The lowest BCUT2D eigenvalue weighted by atomic mass is 10.1. The number of carbonyl (C=O) groups excluding carboxylic acids is 1. The number of ether oxygens (including phenoxy) is 2. The number of hydrogen-bond acceptors (Lipinski definition) is 4. The molecule has 0 saturated carbocycles. The quantitative estimate of drug-likeness (QED) is 0.830. The molecule has 6 heteroatoms. The van der Waals surface area contributed by atoms with Crippen molar-refractivity contribution < 1.29 is 14.3 Å². The number of terminal acetylenes is 1. The van der Waals surface area contributed by atoms with Crippen LogP contribution in [0.15, 0.2) is 24.4 Å². The van der Waals surface area contributed by atoms with Crippen LogP contribution in [0, 0.1) is 12.3 Å². The summed E-state index contributed by atoms with van der Waals surface area (Å²) in [5.74, 6) is 3.44. The molecule has 0 atom stereocenters. The largest absolute Gasteiger partial charge is 0.486 e. The van der Waals surface area contributed by atoms with E-state index in [4.69, 9.17) is 15.9 Å². The highest BCUT2D eigenvalue weighted by Crippen LogP contribution is 2.34. The van der Waals surface area contributed by atoms with Gasteiger partial charge < -0.3 is 14.8 Å². The number of rotatable bonds is 3. The second-order valence-corrected chi connectivity index (χ2v) is 4.40. The summed E-state index contributed by atoms with van der Waals surface area (Å²) in [5, 5.41) is 9.37. The fourth-order valence-corrected chi connectivity index (χ4v) is 2.10. The Morgan fingerprint density at radius 3 is 3.00 bits per heavy atom. The van der Waals surface area contributed by atoms with E-state index in [1.807, 2.05) is 18.2 Å². The molecular formula is C15H13N3O3. The molecule has 0 spiro atoms. The zero-order chi connectivity index (χ0) is 14.7. The van der Waals surface area contributed by atoms with Crippen molar-refractivity contribution in [2.24, 2.45) is 0 Å². The number of fused-ring (bicyclic) bond motifs is 1. The first-order valence-corrected chi connectivity index (χ1v) is 6.44. The molecule has 0 unspecified atom stereocenters. The molecular weight excluding hydrogens is 270 g/mol. The molecule has 1 aromatic carbocycles. The molecule has 6 nitrogen and oxygen atoms in total. The van der Waals surface area contributed by atoms with Gasteiger partial charge in [-0.1, -0.05) is 5.92 Å². The maximum Gasteiger partial charge on any atom is 0.255 e. The van der Waals surface area contributed by atoms with Crippen LogP contribution in [0.3, 0.4) is 0 Å². The topological polar surface area (TPSA) is 76.2 Å². The monoisotopic (exact) mass is 283 g/mol. The molecule has 1 amide bonds. The summed E-state index contributed by atoms with van der Waals surface area (Å²) in [5.41, 5.74) is 1.84. The Hall–Kier alpha value is -2.94. The molecule has 2 aromatic rings. The van der Waals surface area contributed by atoms with Gasteiger partial charge in [0.1, 0.15) is 13.2 Å². The molecule has 1 aliphatic rings. The number of nitrogens with one attached hydrogen (secondary N) is 2. The number of benzene rings is 1. The highest BCUT2D eigenvalue weighted by Gasteiger charge is 2.18. The third-order valence-corrected chi connectivity index (χ3v) is 3.07. The number of H-pyrrole nitrogens is 1. The fraction of sp³-hybridized carbons (Fsp3) is 0.200. The van der Waals surface area contributed by atoms with Gasteiger partial charge >= 0.3 is 0 Å². The van der Waals surface area contributed by atoms with Crippen LogP contribution in [0.4, 0.5) is 0 Å². The van der Waals surface area contributed by atoms with Crippen LogP contribution in [-0.4, -0.2) is 35.9 Å². The molecule has 0 fully saturated rings. The van der Waals surface area contributed by atoms with Crippen LogP contribution in [-0.2, 0) is 0 Å². The predicted molar refractivity (Wildman–Crippen MR) is 76.2 cm³/mol. The van der Waals surface area contributed by atoms with E-state index in [1.54, 1.807) is 0 Å². The van der Waals surface area contributed by atoms with Gasteiger partial charge in [-0.25, -0.2) is 0 Å². The highest BCUT2D eigenvalue weighted by molar-refractivity contribution is 5.99. The molecule has 0 radical (unpaired) electrons. The van der Waals surface area contributed by atoms with Gasteiger partial charge in [-0.05, 0) is 18.2 Å². The second-order valence-electron chi connectivity index (χ2n) is 4.40. The van der Waals surface area contributed by atoms with Gasteiger partial charge in [0.05, 0.1) is 24.0 Å². The van der Waals surface area contributed by atoms with Crippen molar-refractivity contribution in [3.8, 4) is 35.1 Å². The van der Waals surface area contributed by atoms with E-state index >= 15 is 0 Å². The van der Waals surface area contributed by atoms with Gasteiger partial charge in [0, 0.05) is 5.56 Å². The third kappa shape index (κ3) is 2.54. The summed E-state index contributed by atoms with van der Waals surface area (Å²) in [6, 6.07) is 5.48. The molecule has 0 saturated heterocycles. The summed E-state index contributed by atoms with van der Waals surface area (Å²) >= 11 is 0. The van der Waals surface area contributed by atoms with Gasteiger partial charge in [0.15, 0.2) is 11.5 Å². The lowest BCUT2D eigenvalue weighted by Crippen LogP contribution is -2.23. The minimum absolute atomic E-state index is 0.171. The highest BCUT2D eigenvalue weighted by atomic mass is 16.6. The number of amides is 1. The molecule has 106 valence electrons. The Morgan fingerprint density at radius 2 is 2.19 bits per heavy atom. The number of aromatic nitrogens is 2. The maximum absolute atomic E-state index is 12.0. The van der Waals surface area contributed by atoms with Crippen LogP contribution in [0.25, 0.3) is 11.3 Å². The zero-order valence-corrected chi connectivity index (χ0v) is 11.2. The van der Waals surface area contributed by atoms with E-state index < -0.39 is 0 Å². The average Bonchev–Trinajstić information content (AvgIpc) is 3.01. The summed E-state index contributed by atoms with van der Waals surface area (Å²) in [6.07, 6.45) is 6.61. The smallest absolute Gasteiger partial charge is 0.255 e. The molecule has 3 rings (SSSR count).